The first-order valence-electron chi connectivity index (χ1n) is 11.1. The van der Waals surface area contributed by atoms with Gasteiger partial charge in [0.2, 0.25) is 0 Å². The number of thioether (sulfide) groups is 1. The minimum Gasteiger partial charge on any atom is -0.383 e. The van der Waals surface area contributed by atoms with E-state index in [1.165, 1.54) is 16.3 Å². The number of benzene rings is 1. The molecule has 0 spiro atoms. The second-order valence-corrected chi connectivity index (χ2v) is 9.36. The fourth-order valence-electron chi connectivity index (χ4n) is 4.26. The number of rotatable bonds is 8. The molecule has 0 aliphatic heterocycles. The first-order valence-corrected chi connectivity index (χ1v) is 12.1. The zero-order valence-electron chi connectivity index (χ0n) is 20.0. The van der Waals surface area contributed by atoms with Crippen LogP contribution in [-0.2, 0) is 4.74 Å². The molecule has 1 unspecified atom stereocenters. The lowest BCUT2D eigenvalue weighted by Gasteiger charge is -2.17. The quantitative estimate of drug-likeness (QED) is 0.209. The van der Waals surface area contributed by atoms with E-state index in [0.29, 0.717) is 34.0 Å². The molecular formula is C26H28N4O3S. The number of ketones is 1. The van der Waals surface area contributed by atoms with Crippen LogP contribution >= 0.6 is 11.8 Å². The summed E-state index contributed by atoms with van der Waals surface area (Å²) in [5.74, 6) is 0.620. The summed E-state index contributed by atoms with van der Waals surface area (Å²) in [7, 11) is 1.67. The molecule has 1 aromatic carbocycles. The number of carbonyl (C=O) groups excluding carboxylic acids is 1. The van der Waals surface area contributed by atoms with Crippen molar-refractivity contribution >= 4 is 28.4 Å². The lowest BCUT2D eigenvalue weighted by atomic mass is 10.2. The number of aromatic nitrogens is 4. The molecular weight excluding hydrogens is 448 g/mol. The molecule has 0 amide bonds. The van der Waals surface area contributed by atoms with Crippen molar-refractivity contribution in [3.05, 3.63) is 81.5 Å². The summed E-state index contributed by atoms with van der Waals surface area (Å²) in [6.07, 6.45) is 1.71. The van der Waals surface area contributed by atoms with Crippen molar-refractivity contribution in [3.63, 3.8) is 0 Å². The van der Waals surface area contributed by atoms with Crippen molar-refractivity contribution in [1.29, 1.82) is 0 Å². The van der Waals surface area contributed by atoms with Crippen LogP contribution in [-0.4, -0.2) is 44.4 Å². The number of hydrogen-bond acceptors (Lipinski definition) is 6. The third-order valence-electron chi connectivity index (χ3n) is 5.84. The molecule has 0 aliphatic carbocycles. The van der Waals surface area contributed by atoms with E-state index in [2.05, 4.69) is 16.5 Å². The van der Waals surface area contributed by atoms with Gasteiger partial charge in [-0.15, -0.1) is 0 Å². The van der Waals surface area contributed by atoms with Crippen molar-refractivity contribution in [2.75, 3.05) is 19.5 Å². The molecule has 0 N–H and O–H groups in total. The van der Waals surface area contributed by atoms with Gasteiger partial charge in [0.1, 0.15) is 5.82 Å². The largest absolute Gasteiger partial charge is 0.383 e. The maximum Gasteiger partial charge on any atom is 0.267 e. The molecule has 0 bridgehead atoms. The smallest absolute Gasteiger partial charge is 0.267 e. The zero-order valence-corrected chi connectivity index (χ0v) is 20.8. The second kappa shape index (κ2) is 9.95. The minimum atomic E-state index is -0.205. The summed E-state index contributed by atoms with van der Waals surface area (Å²) >= 11 is 1.25. The first-order chi connectivity index (χ1) is 16.3. The van der Waals surface area contributed by atoms with E-state index in [1.807, 2.05) is 45.0 Å². The van der Waals surface area contributed by atoms with Gasteiger partial charge < -0.3 is 9.30 Å². The Bertz CT molecular complexity index is 1410. The maximum atomic E-state index is 13.4. The van der Waals surface area contributed by atoms with Gasteiger partial charge in [-0.25, -0.2) is 14.5 Å². The third kappa shape index (κ3) is 4.56. The Labute approximate surface area is 202 Å². The number of Topliss-reactive ketones (excluding diaryl/α,β-unsaturated/α-hetero) is 1. The van der Waals surface area contributed by atoms with Gasteiger partial charge in [-0.1, -0.05) is 30.0 Å². The maximum absolute atomic E-state index is 13.4. The normalized spacial score (nSPS) is 12.3. The van der Waals surface area contributed by atoms with Crippen LogP contribution in [0.3, 0.4) is 0 Å². The topological polar surface area (TPSA) is 79.0 Å². The molecule has 34 heavy (non-hydrogen) atoms. The average Bonchev–Trinajstić information content (AvgIpc) is 3.12. The number of methoxy groups -OCH3 is 1. The monoisotopic (exact) mass is 476 g/mol. The highest BCUT2D eigenvalue weighted by Gasteiger charge is 2.21. The number of nitrogens with zero attached hydrogens (tertiary/aromatic N) is 4. The first kappa shape index (κ1) is 23.9. The Morgan fingerprint density at radius 1 is 1.15 bits per heavy atom. The van der Waals surface area contributed by atoms with Gasteiger partial charge >= 0.3 is 0 Å². The van der Waals surface area contributed by atoms with Crippen molar-refractivity contribution in [1.82, 2.24) is 19.1 Å². The van der Waals surface area contributed by atoms with E-state index in [0.717, 1.165) is 17.0 Å². The van der Waals surface area contributed by atoms with Crippen LogP contribution in [0.1, 0.15) is 40.3 Å². The molecule has 3 heterocycles. The number of hydrogen-bond donors (Lipinski definition) is 0. The van der Waals surface area contributed by atoms with Crippen LogP contribution in [0.15, 0.2) is 58.6 Å². The van der Waals surface area contributed by atoms with Crippen LogP contribution in [0.5, 0.6) is 0 Å². The van der Waals surface area contributed by atoms with Crippen LogP contribution in [0.25, 0.3) is 16.7 Å². The summed E-state index contributed by atoms with van der Waals surface area (Å²) < 4.78 is 8.91. The van der Waals surface area contributed by atoms with Gasteiger partial charge in [-0.3, -0.25) is 9.59 Å². The average molecular weight is 477 g/mol. The predicted octanol–water partition coefficient (Wildman–Crippen LogP) is 4.69. The van der Waals surface area contributed by atoms with E-state index in [-0.39, 0.29) is 23.1 Å². The summed E-state index contributed by atoms with van der Waals surface area (Å²) in [5, 5.41) is 0.950. The Morgan fingerprint density at radius 3 is 2.62 bits per heavy atom. The lowest BCUT2D eigenvalue weighted by Crippen LogP contribution is -2.23. The number of ether oxygens (including phenoxy) is 1. The summed E-state index contributed by atoms with van der Waals surface area (Å²) in [6.45, 7) is 8.52. The van der Waals surface area contributed by atoms with Gasteiger partial charge in [0.05, 0.1) is 29.3 Å². The molecule has 0 aliphatic rings. The Kier molecular flexibility index (Phi) is 7.00. The van der Waals surface area contributed by atoms with Gasteiger partial charge in [0.15, 0.2) is 10.9 Å². The van der Waals surface area contributed by atoms with E-state index in [9.17, 15) is 9.59 Å². The van der Waals surface area contributed by atoms with Crippen molar-refractivity contribution in [3.8, 4) is 5.82 Å². The van der Waals surface area contributed by atoms with Gasteiger partial charge in [0.25, 0.3) is 5.56 Å². The van der Waals surface area contributed by atoms with E-state index in [1.54, 1.807) is 31.5 Å². The van der Waals surface area contributed by atoms with Crippen molar-refractivity contribution < 1.29 is 9.53 Å². The van der Waals surface area contributed by atoms with Crippen molar-refractivity contribution in [2.24, 2.45) is 0 Å². The Hall–Kier alpha value is -3.23. The number of pyridine rings is 1. The molecule has 8 heteroatoms. The highest BCUT2D eigenvalue weighted by atomic mass is 32.2. The molecule has 3 aromatic heterocycles. The van der Waals surface area contributed by atoms with Crippen LogP contribution in [0, 0.1) is 20.8 Å². The van der Waals surface area contributed by atoms with Crippen LogP contribution < -0.4 is 5.56 Å². The Morgan fingerprint density at radius 2 is 1.91 bits per heavy atom. The molecule has 4 aromatic rings. The Balaban J connectivity index is 1.70. The van der Waals surface area contributed by atoms with E-state index in [4.69, 9.17) is 9.72 Å². The highest BCUT2D eigenvalue weighted by molar-refractivity contribution is 7.99. The van der Waals surface area contributed by atoms with Gasteiger partial charge in [-0.05, 0) is 57.5 Å². The molecule has 7 nitrogen and oxygen atoms in total. The second-order valence-electron chi connectivity index (χ2n) is 8.42. The molecule has 0 radical (unpaired) electrons. The third-order valence-corrected chi connectivity index (χ3v) is 6.77. The van der Waals surface area contributed by atoms with Crippen LogP contribution in [0.4, 0.5) is 0 Å². The summed E-state index contributed by atoms with van der Waals surface area (Å²) in [5.41, 5.74) is 3.99. The SMILES string of the molecule is COCC(C)n1c(C)cc(C(=O)CSc2nc3ccccc3c(=O)n2-c2ccc(C)cn2)c1C. The zero-order chi connectivity index (χ0) is 24.4. The summed E-state index contributed by atoms with van der Waals surface area (Å²) in [6, 6.07) is 13.0. The minimum absolute atomic E-state index is 0.0141. The van der Waals surface area contributed by atoms with Crippen LogP contribution in [0.2, 0.25) is 0 Å². The standard InChI is InChI=1S/C26H28N4O3S/c1-16-10-11-24(27-13-16)30-25(32)20-8-6-7-9-22(20)28-26(30)34-15-23(31)21-12-17(2)29(19(21)4)18(3)14-33-5/h6-13,18H,14-15H2,1-5H3. The number of para-hydroxylation sites is 1. The van der Waals surface area contributed by atoms with Gasteiger partial charge in [-0.2, -0.15) is 0 Å². The van der Waals surface area contributed by atoms with E-state index >= 15 is 0 Å². The fraction of sp³-hybridized carbons (Fsp3) is 0.308. The molecule has 1 atom stereocenters. The number of carbonyl (C=O) groups is 1. The molecule has 0 fully saturated rings. The van der Waals surface area contributed by atoms with Gasteiger partial charge in [0, 0.05) is 30.3 Å². The number of fused-ring (bicyclic) bond motifs is 1. The lowest BCUT2D eigenvalue weighted by molar-refractivity contribution is 0.102. The molecule has 176 valence electrons. The summed E-state index contributed by atoms with van der Waals surface area (Å²) in [4.78, 5) is 35.7. The molecule has 0 saturated heterocycles. The molecule has 4 rings (SSSR count). The molecule has 0 saturated carbocycles. The predicted molar refractivity (Wildman–Crippen MR) is 135 cm³/mol. The fourth-order valence-corrected chi connectivity index (χ4v) is 5.15. The highest BCUT2D eigenvalue weighted by Crippen LogP contribution is 2.25. The van der Waals surface area contributed by atoms with E-state index < -0.39 is 0 Å². The number of aryl methyl sites for hydroxylation is 2. The van der Waals surface area contributed by atoms with Crippen molar-refractivity contribution in [2.45, 2.75) is 38.9 Å².